The zero-order valence-electron chi connectivity index (χ0n) is 19.1. The number of carboxylic acids is 1. The maximum Gasteiger partial charge on any atom is 0.341 e. The Bertz CT molecular complexity index is 1490. The summed E-state index contributed by atoms with van der Waals surface area (Å²) in [5.41, 5.74) is 4.90. The summed E-state index contributed by atoms with van der Waals surface area (Å²) in [7, 11) is 0. The van der Waals surface area contributed by atoms with Crippen LogP contribution in [0.4, 0.5) is 15.9 Å². The molecule has 1 aromatic carbocycles. The van der Waals surface area contributed by atoms with Crippen LogP contribution in [0.15, 0.2) is 39.1 Å². The molecule has 188 valence electrons. The number of pyridine rings is 1. The Morgan fingerprint density at radius 1 is 1.17 bits per heavy atom. The zero-order valence-corrected chi connectivity index (χ0v) is 19.9. The summed E-state index contributed by atoms with van der Waals surface area (Å²) in [5.74, 6) is -1.95. The first-order valence-electron chi connectivity index (χ1n) is 11.4. The van der Waals surface area contributed by atoms with Crippen molar-refractivity contribution >= 4 is 46.0 Å². The first-order chi connectivity index (χ1) is 17.2. The van der Waals surface area contributed by atoms with Gasteiger partial charge < -0.3 is 30.2 Å². The molecule has 1 aliphatic heterocycles. The molecule has 0 bridgehead atoms. The topological polar surface area (TPSA) is 155 Å². The van der Waals surface area contributed by atoms with E-state index < -0.39 is 22.8 Å². The lowest BCUT2D eigenvalue weighted by atomic mass is 10.1. The number of hydrogen-bond donors (Lipinski definition) is 3. The van der Waals surface area contributed by atoms with E-state index in [0.29, 0.717) is 37.4 Å². The maximum absolute atomic E-state index is 15.1. The molecule has 0 radical (unpaired) electrons. The second kappa shape index (κ2) is 9.30. The summed E-state index contributed by atoms with van der Waals surface area (Å²) in [4.78, 5) is 58.3. The third-order valence-electron chi connectivity index (χ3n) is 6.32. The Morgan fingerprint density at radius 3 is 2.53 bits per heavy atom. The number of carbonyl (C=O) groups is 2. The van der Waals surface area contributed by atoms with Gasteiger partial charge in [0.15, 0.2) is 5.16 Å². The van der Waals surface area contributed by atoms with E-state index in [2.05, 4.69) is 9.97 Å². The molecule has 2 aromatic heterocycles. The first kappa shape index (κ1) is 23.9. The number of hydrogen-bond acceptors (Lipinski definition) is 8. The molecule has 1 saturated heterocycles. The number of nitrogens with two attached hydrogens (primary N) is 1. The molecule has 1 aliphatic carbocycles. The van der Waals surface area contributed by atoms with E-state index in [9.17, 15) is 24.3 Å². The highest BCUT2D eigenvalue weighted by Gasteiger charge is 2.29. The largest absolute Gasteiger partial charge is 0.477 e. The highest BCUT2D eigenvalue weighted by molar-refractivity contribution is 7.99. The predicted molar refractivity (Wildman–Crippen MR) is 132 cm³/mol. The molecule has 3 heterocycles. The zero-order chi connectivity index (χ0) is 25.6. The summed E-state index contributed by atoms with van der Waals surface area (Å²) in [5, 5.41) is 9.71. The molecule has 13 heteroatoms. The minimum absolute atomic E-state index is 0.0436. The average Bonchev–Trinajstić information content (AvgIpc) is 3.67. The number of amides is 1. The molecule has 1 amide bonds. The molecular weight excluding hydrogens is 491 g/mol. The SMILES string of the molecule is Nc1cc(=O)[nH]c(SCC(=O)N2CCN(c3cc4c(cc3F)c(=O)c(C(=O)O)cn4C3CC3)CC2)n1. The van der Waals surface area contributed by atoms with Crippen molar-refractivity contribution in [3.8, 4) is 0 Å². The van der Waals surface area contributed by atoms with Crippen molar-refractivity contribution in [2.24, 2.45) is 0 Å². The van der Waals surface area contributed by atoms with Gasteiger partial charge in [-0.3, -0.25) is 14.4 Å². The lowest BCUT2D eigenvalue weighted by Gasteiger charge is -2.36. The Balaban J connectivity index is 1.32. The van der Waals surface area contributed by atoms with E-state index in [0.717, 1.165) is 36.7 Å². The van der Waals surface area contributed by atoms with Gasteiger partial charge in [-0.25, -0.2) is 14.2 Å². The van der Waals surface area contributed by atoms with Crippen molar-refractivity contribution in [3.63, 3.8) is 0 Å². The maximum atomic E-state index is 15.1. The van der Waals surface area contributed by atoms with Crippen molar-refractivity contribution in [2.75, 3.05) is 42.6 Å². The van der Waals surface area contributed by atoms with Gasteiger partial charge in [-0.05, 0) is 25.0 Å². The molecule has 1 saturated carbocycles. The fraction of sp³-hybridized carbons (Fsp3) is 0.348. The van der Waals surface area contributed by atoms with Crippen molar-refractivity contribution in [1.29, 1.82) is 0 Å². The van der Waals surface area contributed by atoms with Crippen molar-refractivity contribution < 1.29 is 19.1 Å². The van der Waals surface area contributed by atoms with Crippen LogP contribution in [-0.2, 0) is 4.79 Å². The monoisotopic (exact) mass is 514 g/mol. The van der Waals surface area contributed by atoms with Gasteiger partial charge in [0.25, 0.3) is 5.56 Å². The van der Waals surface area contributed by atoms with Gasteiger partial charge in [-0.2, -0.15) is 0 Å². The normalized spacial score (nSPS) is 15.9. The molecule has 4 N–H and O–H groups in total. The number of nitrogens with one attached hydrogen (secondary N) is 1. The first-order valence-corrected chi connectivity index (χ1v) is 12.3. The predicted octanol–water partition coefficient (Wildman–Crippen LogP) is 1.28. The van der Waals surface area contributed by atoms with Crippen LogP contribution in [0, 0.1) is 5.82 Å². The number of aromatic nitrogens is 3. The van der Waals surface area contributed by atoms with Gasteiger partial charge >= 0.3 is 5.97 Å². The molecular formula is C23H23FN6O5S. The molecule has 2 fully saturated rings. The van der Waals surface area contributed by atoms with Crippen LogP contribution in [0.2, 0.25) is 0 Å². The van der Waals surface area contributed by atoms with Crippen LogP contribution in [0.25, 0.3) is 10.9 Å². The van der Waals surface area contributed by atoms with Crippen molar-refractivity contribution in [2.45, 2.75) is 24.0 Å². The minimum Gasteiger partial charge on any atom is -0.477 e. The number of anilines is 2. The van der Waals surface area contributed by atoms with Crippen LogP contribution in [0.1, 0.15) is 29.2 Å². The van der Waals surface area contributed by atoms with Gasteiger partial charge in [0.05, 0.1) is 17.0 Å². The smallest absolute Gasteiger partial charge is 0.341 e. The fourth-order valence-corrected chi connectivity index (χ4v) is 5.13. The van der Waals surface area contributed by atoms with Crippen molar-refractivity contribution in [1.82, 2.24) is 19.4 Å². The average molecular weight is 515 g/mol. The standard InChI is InChI=1S/C23H23FN6O5S/c24-15-7-13-16(30(12-1-2-12)10-14(21(13)33)22(34)35)8-17(15)28-3-5-29(6-4-28)20(32)11-36-23-26-18(25)9-19(31)27-23/h7-10,12H,1-6,11H2,(H,34,35)(H3,25,26,27,31). The van der Waals surface area contributed by atoms with Gasteiger partial charge in [-0.1, -0.05) is 11.8 Å². The number of aromatic amines is 1. The van der Waals surface area contributed by atoms with Crippen LogP contribution >= 0.6 is 11.8 Å². The molecule has 0 atom stereocenters. The minimum atomic E-state index is -1.34. The molecule has 0 spiro atoms. The summed E-state index contributed by atoms with van der Waals surface area (Å²) >= 11 is 1.08. The van der Waals surface area contributed by atoms with Crippen LogP contribution in [-0.4, -0.2) is 68.3 Å². The Kier molecular flexibility index (Phi) is 6.16. The number of rotatable bonds is 6. The molecule has 3 aromatic rings. The second-order valence-electron chi connectivity index (χ2n) is 8.77. The number of halogens is 1. The number of H-pyrrole nitrogens is 1. The van der Waals surface area contributed by atoms with Gasteiger partial charge in [-0.15, -0.1) is 0 Å². The highest BCUT2D eigenvalue weighted by Crippen LogP contribution is 2.38. The summed E-state index contributed by atoms with van der Waals surface area (Å²) in [6.45, 7) is 1.50. The molecule has 5 rings (SSSR count). The van der Waals surface area contributed by atoms with Gasteiger partial charge in [0.2, 0.25) is 11.3 Å². The number of nitrogens with zero attached hydrogens (tertiary/aromatic N) is 4. The highest BCUT2D eigenvalue weighted by atomic mass is 32.2. The quantitative estimate of drug-likeness (QED) is 0.326. The lowest BCUT2D eigenvalue weighted by molar-refractivity contribution is -0.128. The lowest BCUT2D eigenvalue weighted by Crippen LogP contribution is -2.49. The number of carbonyl (C=O) groups excluding carboxylic acids is 1. The Morgan fingerprint density at radius 2 is 1.89 bits per heavy atom. The van der Waals surface area contributed by atoms with E-state index in [1.807, 2.05) is 4.90 Å². The summed E-state index contributed by atoms with van der Waals surface area (Å²) in [6.07, 6.45) is 3.08. The number of thioether (sulfide) groups is 1. The third kappa shape index (κ3) is 4.65. The van der Waals surface area contributed by atoms with Crippen LogP contribution in [0.3, 0.4) is 0 Å². The number of carboxylic acid groups (broad SMARTS) is 1. The number of aromatic carboxylic acids is 1. The van der Waals surface area contributed by atoms with E-state index in [1.54, 1.807) is 15.5 Å². The molecule has 0 unspecified atom stereocenters. The summed E-state index contributed by atoms with van der Waals surface area (Å²) < 4.78 is 16.9. The van der Waals surface area contributed by atoms with E-state index in [1.165, 1.54) is 6.20 Å². The number of nitrogen functional groups attached to an aromatic ring is 1. The molecule has 36 heavy (non-hydrogen) atoms. The summed E-state index contributed by atoms with van der Waals surface area (Å²) in [6, 6.07) is 3.96. The second-order valence-corrected chi connectivity index (χ2v) is 9.73. The van der Waals surface area contributed by atoms with E-state index in [4.69, 9.17) is 5.73 Å². The van der Waals surface area contributed by atoms with Gasteiger partial charge in [0.1, 0.15) is 17.2 Å². The Hall–Kier alpha value is -3.87. The van der Waals surface area contributed by atoms with E-state index >= 15 is 4.39 Å². The van der Waals surface area contributed by atoms with E-state index in [-0.39, 0.29) is 39.6 Å². The molecule has 2 aliphatic rings. The van der Waals surface area contributed by atoms with Gasteiger partial charge in [0, 0.05) is 49.9 Å². The van der Waals surface area contributed by atoms with Crippen LogP contribution < -0.4 is 21.6 Å². The van der Waals surface area contributed by atoms with Crippen LogP contribution in [0.5, 0.6) is 0 Å². The Labute approximate surface area is 207 Å². The number of benzene rings is 1. The fourth-order valence-electron chi connectivity index (χ4n) is 4.35. The van der Waals surface area contributed by atoms with Crippen molar-refractivity contribution in [3.05, 3.63) is 56.4 Å². The molecule has 11 nitrogen and oxygen atoms in total. The third-order valence-corrected chi connectivity index (χ3v) is 7.17. The number of fused-ring (bicyclic) bond motifs is 1. The number of piperazine rings is 1.